The van der Waals surface area contributed by atoms with Crippen LogP contribution in [-0.2, 0) is 29.0 Å². The summed E-state index contributed by atoms with van der Waals surface area (Å²) < 4.78 is 17.8. The molecule has 2 aromatic heterocycles. The maximum Gasteiger partial charge on any atom is 0.244 e. The molecule has 0 spiro atoms. The molecule has 0 fully saturated rings. The van der Waals surface area contributed by atoms with Crippen molar-refractivity contribution in [1.29, 1.82) is 0 Å². The van der Waals surface area contributed by atoms with Crippen molar-refractivity contribution >= 4 is 35.2 Å². The number of hydrogen-bond donors (Lipinski definition) is 1. The fourth-order valence-corrected chi connectivity index (χ4v) is 4.05. The fraction of sp³-hybridized carbons (Fsp3) is 0.222. The number of benzene rings is 2. The Labute approximate surface area is 228 Å². The number of ketones is 2. The largest absolute Gasteiger partial charge is 0.342 e. The van der Waals surface area contributed by atoms with Crippen LogP contribution < -0.4 is 5.32 Å². The van der Waals surface area contributed by atoms with Gasteiger partial charge in [-0.05, 0) is 54.1 Å². The molecule has 12 heteroatoms. The van der Waals surface area contributed by atoms with E-state index in [0.717, 1.165) is 6.08 Å². The zero-order valence-corrected chi connectivity index (χ0v) is 22.0. The van der Waals surface area contributed by atoms with Crippen molar-refractivity contribution < 1.29 is 18.8 Å². The Balaban J connectivity index is 1.55. The van der Waals surface area contributed by atoms with Crippen LogP contribution in [0, 0.1) is 5.82 Å². The third-order valence-corrected chi connectivity index (χ3v) is 6.28. The van der Waals surface area contributed by atoms with Crippen molar-refractivity contribution in [2.45, 2.75) is 39.3 Å². The van der Waals surface area contributed by atoms with Crippen LogP contribution >= 0.6 is 11.6 Å². The van der Waals surface area contributed by atoms with Crippen molar-refractivity contribution in [2.75, 3.05) is 0 Å². The first-order valence-corrected chi connectivity index (χ1v) is 12.5. The van der Waals surface area contributed by atoms with Crippen LogP contribution in [0.1, 0.15) is 41.0 Å². The zero-order valence-electron chi connectivity index (χ0n) is 21.2. The second-order valence-electron chi connectivity index (χ2n) is 8.71. The van der Waals surface area contributed by atoms with Crippen LogP contribution in [0.5, 0.6) is 0 Å². The molecule has 2 heterocycles. The summed E-state index contributed by atoms with van der Waals surface area (Å²) in [7, 11) is 0. The molecule has 0 saturated heterocycles. The summed E-state index contributed by atoms with van der Waals surface area (Å²) in [6.45, 7) is 4.07. The first-order chi connectivity index (χ1) is 18.7. The topological polar surface area (TPSA) is 125 Å². The second kappa shape index (κ2) is 12.4. The molecule has 0 aliphatic rings. The highest BCUT2D eigenvalue weighted by molar-refractivity contribution is 6.31. The third kappa shape index (κ3) is 6.88. The smallest absolute Gasteiger partial charge is 0.244 e. The van der Waals surface area contributed by atoms with Gasteiger partial charge < -0.3 is 5.32 Å². The lowest BCUT2D eigenvalue weighted by Crippen LogP contribution is -2.42. The lowest BCUT2D eigenvalue weighted by Gasteiger charge is -2.16. The minimum atomic E-state index is -0.905. The Morgan fingerprint density at radius 1 is 1.13 bits per heavy atom. The van der Waals surface area contributed by atoms with Gasteiger partial charge in [0.1, 0.15) is 6.33 Å². The van der Waals surface area contributed by atoms with Crippen molar-refractivity contribution in [3.05, 3.63) is 94.3 Å². The number of aryl methyl sites for hydroxylation is 1. The standard InChI is InChI=1S/C27H25ClFN7O3/c1-3-35-13-12-20(32-35)15-23(25(38)14-18-4-6-19(7-5-18)17(2)37)31-26(39)11-8-21-24(36-16-30-33-34-36)10-9-22(28)27(21)29/h4-13,16,23H,3,14-15H2,1-2H3,(H,31,39)/b11-8+/t23-/m0/s1. The van der Waals surface area contributed by atoms with Gasteiger partial charge in [0.15, 0.2) is 17.4 Å². The van der Waals surface area contributed by atoms with E-state index in [1.807, 2.05) is 6.92 Å². The lowest BCUT2D eigenvalue weighted by molar-refractivity contribution is -0.125. The number of rotatable bonds is 11. The van der Waals surface area contributed by atoms with Crippen LogP contribution in [0.25, 0.3) is 11.8 Å². The molecule has 4 aromatic rings. The minimum Gasteiger partial charge on any atom is -0.342 e. The molecule has 10 nitrogen and oxygen atoms in total. The monoisotopic (exact) mass is 549 g/mol. The molecule has 0 saturated carbocycles. The summed E-state index contributed by atoms with van der Waals surface area (Å²) in [6.07, 6.45) is 5.65. The number of nitrogens with zero attached hydrogens (tertiary/aromatic N) is 6. The van der Waals surface area contributed by atoms with Gasteiger partial charge in [-0.25, -0.2) is 4.39 Å². The minimum absolute atomic E-state index is 0.0000708. The predicted molar refractivity (Wildman–Crippen MR) is 142 cm³/mol. The Morgan fingerprint density at radius 2 is 1.90 bits per heavy atom. The van der Waals surface area contributed by atoms with E-state index in [-0.39, 0.29) is 40.7 Å². The number of halogens is 2. The summed E-state index contributed by atoms with van der Waals surface area (Å²) in [6, 6.07) is 10.5. The van der Waals surface area contributed by atoms with Crippen LogP contribution in [0.4, 0.5) is 4.39 Å². The second-order valence-corrected chi connectivity index (χ2v) is 9.11. The molecule has 0 unspecified atom stereocenters. The summed E-state index contributed by atoms with van der Waals surface area (Å²) in [5, 5.41) is 17.9. The van der Waals surface area contributed by atoms with Crippen LogP contribution in [0.15, 0.2) is 61.1 Å². The number of carbonyl (C=O) groups excluding carboxylic acids is 3. The molecule has 1 N–H and O–H groups in total. The predicted octanol–water partition coefficient (Wildman–Crippen LogP) is 3.43. The molecule has 200 valence electrons. The van der Waals surface area contributed by atoms with Gasteiger partial charge in [0.2, 0.25) is 5.91 Å². The Hall–Kier alpha value is -4.51. The van der Waals surface area contributed by atoms with E-state index >= 15 is 0 Å². The quantitative estimate of drug-likeness (QED) is 0.224. The molecular weight excluding hydrogens is 525 g/mol. The molecule has 2 aromatic carbocycles. The number of Topliss-reactive ketones (excluding diaryl/α,β-unsaturated/α-hetero) is 2. The van der Waals surface area contributed by atoms with E-state index < -0.39 is 17.8 Å². The zero-order chi connectivity index (χ0) is 27.9. The van der Waals surface area contributed by atoms with Crippen molar-refractivity contribution in [1.82, 2.24) is 35.3 Å². The summed E-state index contributed by atoms with van der Waals surface area (Å²) in [4.78, 5) is 37.8. The van der Waals surface area contributed by atoms with Gasteiger partial charge in [-0.1, -0.05) is 35.9 Å². The molecule has 1 atom stereocenters. The molecule has 0 aliphatic carbocycles. The number of hydrogen-bond acceptors (Lipinski definition) is 7. The van der Waals surface area contributed by atoms with E-state index in [1.165, 1.54) is 36.1 Å². The average molecular weight is 550 g/mol. The van der Waals surface area contributed by atoms with E-state index in [0.29, 0.717) is 23.4 Å². The average Bonchev–Trinajstić information content (AvgIpc) is 3.62. The Bertz CT molecular complexity index is 1510. The third-order valence-electron chi connectivity index (χ3n) is 5.98. The first-order valence-electron chi connectivity index (χ1n) is 12.1. The summed E-state index contributed by atoms with van der Waals surface area (Å²) in [5.41, 5.74) is 2.15. The first kappa shape index (κ1) is 27.5. The molecule has 1 amide bonds. The molecule has 0 aliphatic heterocycles. The molecular formula is C27H25ClFN7O3. The number of nitrogens with one attached hydrogen (secondary N) is 1. The van der Waals surface area contributed by atoms with Gasteiger partial charge in [-0.15, -0.1) is 5.10 Å². The van der Waals surface area contributed by atoms with Gasteiger partial charge in [-0.3, -0.25) is 19.1 Å². The van der Waals surface area contributed by atoms with Gasteiger partial charge in [0.25, 0.3) is 0 Å². The SMILES string of the molecule is CCn1ccc(C[C@H](NC(=O)/C=C/c2c(-n3cnnn3)ccc(Cl)c2F)C(=O)Cc2ccc(C(C)=O)cc2)n1. The van der Waals surface area contributed by atoms with E-state index in [4.69, 9.17) is 11.6 Å². The highest BCUT2D eigenvalue weighted by Gasteiger charge is 2.22. The molecule has 0 radical (unpaired) electrons. The van der Waals surface area contributed by atoms with Crippen LogP contribution in [0.3, 0.4) is 0 Å². The highest BCUT2D eigenvalue weighted by atomic mass is 35.5. The Morgan fingerprint density at radius 3 is 2.54 bits per heavy atom. The number of tetrazole rings is 1. The van der Waals surface area contributed by atoms with Crippen molar-refractivity contribution in [3.63, 3.8) is 0 Å². The van der Waals surface area contributed by atoms with Crippen molar-refractivity contribution in [2.24, 2.45) is 0 Å². The fourth-order valence-electron chi connectivity index (χ4n) is 3.89. The number of aromatic nitrogens is 6. The maximum atomic E-state index is 14.9. The Kier molecular flexibility index (Phi) is 8.72. The van der Waals surface area contributed by atoms with Gasteiger partial charge in [0, 0.05) is 42.8 Å². The highest BCUT2D eigenvalue weighted by Crippen LogP contribution is 2.25. The number of carbonyl (C=O) groups is 3. The van der Waals surface area contributed by atoms with Gasteiger partial charge in [-0.2, -0.15) is 9.78 Å². The lowest BCUT2D eigenvalue weighted by atomic mass is 9.98. The van der Waals surface area contributed by atoms with Gasteiger partial charge >= 0.3 is 0 Å². The van der Waals surface area contributed by atoms with Gasteiger partial charge in [0.05, 0.1) is 22.4 Å². The molecule has 4 rings (SSSR count). The van der Waals surface area contributed by atoms with E-state index in [2.05, 4.69) is 25.9 Å². The number of amides is 1. The normalized spacial score (nSPS) is 12.0. The van der Waals surface area contributed by atoms with E-state index in [1.54, 1.807) is 41.2 Å². The summed E-state index contributed by atoms with van der Waals surface area (Å²) in [5.74, 6) is -1.69. The van der Waals surface area contributed by atoms with E-state index in [9.17, 15) is 18.8 Å². The van der Waals surface area contributed by atoms with Crippen molar-refractivity contribution in [3.8, 4) is 5.69 Å². The van der Waals surface area contributed by atoms with Crippen LogP contribution in [-0.4, -0.2) is 53.5 Å². The maximum absolute atomic E-state index is 14.9. The molecule has 39 heavy (non-hydrogen) atoms. The molecule has 0 bridgehead atoms. The van der Waals surface area contributed by atoms with Crippen LogP contribution in [0.2, 0.25) is 5.02 Å². The summed E-state index contributed by atoms with van der Waals surface area (Å²) >= 11 is 5.95.